The van der Waals surface area contributed by atoms with Gasteiger partial charge in [-0.15, -0.1) is 0 Å². The molecule has 0 bridgehead atoms. The molecule has 0 amide bonds. The normalized spacial score (nSPS) is 11.4. The van der Waals surface area contributed by atoms with Crippen LogP contribution in [0.3, 0.4) is 0 Å². The fourth-order valence-electron chi connectivity index (χ4n) is 1.72. The van der Waals surface area contributed by atoms with Crippen molar-refractivity contribution in [2.75, 3.05) is 7.11 Å². The van der Waals surface area contributed by atoms with Crippen LogP contribution < -0.4 is 10.9 Å². The summed E-state index contributed by atoms with van der Waals surface area (Å²) in [6, 6.07) is 12.2. The standard InChI is InChI=1S/C14H15NO.H3N/c1-11(13-4-3-9-15-10-13)12-5-7-14(16-2)8-6-12;/h3-11H,1-2H3;1H3. The first kappa shape index (κ1) is 13.2. The van der Waals surface area contributed by atoms with Crippen molar-refractivity contribution in [3.05, 3.63) is 59.9 Å². The van der Waals surface area contributed by atoms with Gasteiger partial charge in [0.1, 0.15) is 5.75 Å². The largest absolute Gasteiger partial charge is 0.497 e. The molecule has 1 unspecified atom stereocenters. The fourth-order valence-corrected chi connectivity index (χ4v) is 1.72. The maximum Gasteiger partial charge on any atom is 0.118 e. The molecule has 0 aliphatic heterocycles. The first-order valence-corrected chi connectivity index (χ1v) is 5.35. The van der Waals surface area contributed by atoms with Crippen molar-refractivity contribution in [3.8, 4) is 5.75 Å². The highest BCUT2D eigenvalue weighted by Crippen LogP contribution is 2.24. The van der Waals surface area contributed by atoms with Gasteiger partial charge in [-0.3, -0.25) is 4.98 Å². The molecule has 0 aliphatic carbocycles. The van der Waals surface area contributed by atoms with E-state index < -0.39 is 0 Å². The van der Waals surface area contributed by atoms with Crippen molar-refractivity contribution in [1.82, 2.24) is 11.1 Å². The molecule has 0 saturated carbocycles. The molecule has 3 nitrogen and oxygen atoms in total. The van der Waals surface area contributed by atoms with Gasteiger partial charge in [-0.25, -0.2) is 0 Å². The summed E-state index contributed by atoms with van der Waals surface area (Å²) in [5.41, 5.74) is 2.50. The Bertz CT molecular complexity index is 440. The van der Waals surface area contributed by atoms with Crippen LogP contribution in [0.4, 0.5) is 0 Å². The van der Waals surface area contributed by atoms with Gasteiger partial charge < -0.3 is 10.9 Å². The lowest BCUT2D eigenvalue weighted by molar-refractivity contribution is 0.414. The average Bonchev–Trinajstić information content (AvgIpc) is 2.39. The van der Waals surface area contributed by atoms with Crippen LogP contribution in [0.25, 0.3) is 0 Å². The summed E-state index contributed by atoms with van der Waals surface area (Å²) < 4.78 is 5.14. The Hall–Kier alpha value is -1.87. The van der Waals surface area contributed by atoms with E-state index in [2.05, 4.69) is 30.1 Å². The number of nitrogens with zero attached hydrogens (tertiary/aromatic N) is 1. The lowest BCUT2D eigenvalue weighted by Crippen LogP contribution is -1.96. The zero-order valence-corrected chi connectivity index (χ0v) is 10.3. The SMILES string of the molecule is COc1ccc(C(C)c2cccnc2)cc1.N. The average molecular weight is 230 g/mol. The number of hydrogen-bond acceptors (Lipinski definition) is 3. The van der Waals surface area contributed by atoms with Gasteiger partial charge >= 0.3 is 0 Å². The zero-order chi connectivity index (χ0) is 11.4. The Labute approximate surface area is 102 Å². The molecule has 3 N–H and O–H groups in total. The third kappa shape index (κ3) is 3.04. The van der Waals surface area contributed by atoms with Gasteiger partial charge in [0.25, 0.3) is 0 Å². The van der Waals surface area contributed by atoms with Crippen LogP contribution in [0.2, 0.25) is 0 Å². The monoisotopic (exact) mass is 230 g/mol. The lowest BCUT2D eigenvalue weighted by atomic mass is 9.94. The van der Waals surface area contributed by atoms with Gasteiger partial charge in [0.2, 0.25) is 0 Å². The predicted octanol–water partition coefficient (Wildman–Crippen LogP) is 3.40. The highest BCUT2D eigenvalue weighted by Gasteiger charge is 2.07. The summed E-state index contributed by atoms with van der Waals surface area (Å²) in [7, 11) is 1.68. The van der Waals surface area contributed by atoms with E-state index in [0.29, 0.717) is 5.92 Å². The summed E-state index contributed by atoms with van der Waals surface area (Å²) in [6.07, 6.45) is 3.71. The zero-order valence-electron chi connectivity index (χ0n) is 10.3. The molecule has 2 aromatic rings. The molecular formula is C14H18N2O. The molecule has 1 aromatic heterocycles. The molecule has 1 aromatic carbocycles. The molecular weight excluding hydrogens is 212 g/mol. The number of methoxy groups -OCH3 is 1. The molecule has 0 saturated heterocycles. The Kier molecular flexibility index (Phi) is 4.67. The van der Waals surface area contributed by atoms with Crippen molar-refractivity contribution in [2.24, 2.45) is 0 Å². The smallest absolute Gasteiger partial charge is 0.118 e. The van der Waals surface area contributed by atoms with Crippen LogP contribution in [0.15, 0.2) is 48.8 Å². The number of hydrogen-bond donors (Lipinski definition) is 1. The van der Waals surface area contributed by atoms with Gasteiger partial charge in [0, 0.05) is 18.3 Å². The Balaban J connectivity index is 0.00000144. The second-order valence-corrected chi connectivity index (χ2v) is 3.78. The molecule has 1 atom stereocenters. The van der Waals surface area contributed by atoms with Crippen molar-refractivity contribution < 1.29 is 4.74 Å². The molecule has 0 fully saturated rings. The van der Waals surface area contributed by atoms with E-state index in [1.807, 2.05) is 24.4 Å². The molecule has 3 heteroatoms. The highest BCUT2D eigenvalue weighted by atomic mass is 16.5. The topological polar surface area (TPSA) is 57.1 Å². The minimum atomic E-state index is 0. The van der Waals surface area contributed by atoms with Crippen molar-refractivity contribution in [3.63, 3.8) is 0 Å². The summed E-state index contributed by atoms with van der Waals surface area (Å²) in [4.78, 5) is 4.14. The third-order valence-electron chi connectivity index (χ3n) is 2.80. The molecule has 17 heavy (non-hydrogen) atoms. The van der Waals surface area contributed by atoms with Crippen LogP contribution in [0.5, 0.6) is 5.75 Å². The Morgan fingerprint density at radius 3 is 2.29 bits per heavy atom. The van der Waals surface area contributed by atoms with Gasteiger partial charge in [-0.05, 0) is 29.3 Å². The highest BCUT2D eigenvalue weighted by molar-refractivity contribution is 5.34. The van der Waals surface area contributed by atoms with Gasteiger partial charge in [-0.2, -0.15) is 0 Å². The summed E-state index contributed by atoms with van der Waals surface area (Å²) in [5, 5.41) is 0. The maximum atomic E-state index is 5.14. The van der Waals surface area contributed by atoms with Gasteiger partial charge in [0.05, 0.1) is 7.11 Å². The Morgan fingerprint density at radius 2 is 1.76 bits per heavy atom. The van der Waals surface area contributed by atoms with Gasteiger partial charge in [-0.1, -0.05) is 25.1 Å². The van der Waals surface area contributed by atoms with E-state index in [1.165, 1.54) is 11.1 Å². The summed E-state index contributed by atoms with van der Waals surface area (Å²) >= 11 is 0. The van der Waals surface area contributed by atoms with Crippen LogP contribution in [-0.2, 0) is 0 Å². The van der Waals surface area contributed by atoms with E-state index in [9.17, 15) is 0 Å². The summed E-state index contributed by atoms with van der Waals surface area (Å²) in [6.45, 7) is 2.18. The molecule has 0 spiro atoms. The van der Waals surface area contributed by atoms with E-state index in [-0.39, 0.29) is 6.15 Å². The Morgan fingerprint density at radius 1 is 1.06 bits per heavy atom. The first-order valence-electron chi connectivity index (χ1n) is 5.35. The number of rotatable bonds is 3. The van der Waals surface area contributed by atoms with E-state index in [0.717, 1.165) is 5.75 Å². The van der Waals surface area contributed by atoms with Crippen LogP contribution in [-0.4, -0.2) is 12.1 Å². The molecule has 2 rings (SSSR count). The number of pyridine rings is 1. The van der Waals surface area contributed by atoms with Crippen LogP contribution >= 0.6 is 0 Å². The molecule has 90 valence electrons. The van der Waals surface area contributed by atoms with Crippen molar-refractivity contribution in [2.45, 2.75) is 12.8 Å². The first-order chi connectivity index (χ1) is 7.81. The number of aromatic nitrogens is 1. The van der Waals surface area contributed by atoms with E-state index in [4.69, 9.17) is 4.74 Å². The van der Waals surface area contributed by atoms with Crippen LogP contribution in [0, 0.1) is 0 Å². The van der Waals surface area contributed by atoms with Crippen molar-refractivity contribution in [1.29, 1.82) is 0 Å². The molecule has 1 heterocycles. The predicted molar refractivity (Wildman–Crippen MR) is 69.8 cm³/mol. The van der Waals surface area contributed by atoms with E-state index in [1.54, 1.807) is 13.3 Å². The molecule has 0 radical (unpaired) electrons. The maximum absolute atomic E-state index is 5.14. The minimum absolute atomic E-state index is 0. The second kappa shape index (κ2) is 6.01. The lowest BCUT2D eigenvalue weighted by Gasteiger charge is -2.12. The fraction of sp³-hybridized carbons (Fsp3) is 0.214. The quantitative estimate of drug-likeness (QED) is 0.879. The van der Waals surface area contributed by atoms with Crippen LogP contribution in [0.1, 0.15) is 24.0 Å². The summed E-state index contributed by atoms with van der Waals surface area (Å²) in [5.74, 6) is 1.25. The van der Waals surface area contributed by atoms with Gasteiger partial charge in [0.15, 0.2) is 0 Å². The number of benzene rings is 1. The number of ether oxygens (including phenoxy) is 1. The second-order valence-electron chi connectivity index (χ2n) is 3.78. The third-order valence-corrected chi connectivity index (χ3v) is 2.80. The van der Waals surface area contributed by atoms with Crippen molar-refractivity contribution >= 4 is 0 Å². The minimum Gasteiger partial charge on any atom is -0.497 e. The molecule has 0 aliphatic rings. The van der Waals surface area contributed by atoms with E-state index >= 15 is 0 Å².